The fourth-order valence-electron chi connectivity index (χ4n) is 4.48. The Bertz CT molecular complexity index is 1330. The zero-order chi connectivity index (χ0) is 22.1. The summed E-state index contributed by atoms with van der Waals surface area (Å²) in [6.07, 6.45) is 0.789. The van der Waals surface area contributed by atoms with Gasteiger partial charge in [-0.3, -0.25) is 0 Å². The van der Waals surface area contributed by atoms with Gasteiger partial charge in [0.1, 0.15) is 0 Å². The molecule has 32 heavy (non-hydrogen) atoms. The quantitative estimate of drug-likeness (QED) is 0.130. The number of benzene rings is 5. The van der Waals surface area contributed by atoms with E-state index in [1.54, 1.807) is 0 Å². The first-order chi connectivity index (χ1) is 15.5. The van der Waals surface area contributed by atoms with Crippen LogP contribution in [0.3, 0.4) is 0 Å². The molecule has 0 aromatic heterocycles. The van der Waals surface area contributed by atoms with Crippen molar-refractivity contribution >= 4 is 60.8 Å². The molecule has 4 heteroatoms. The van der Waals surface area contributed by atoms with Crippen LogP contribution in [-0.4, -0.2) is 6.00 Å². The maximum atomic E-state index is 6.08. The van der Waals surface area contributed by atoms with E-state index in [0.29, 0.717) is 6.04 Å². The summed E-state index contributed by atoms with van der Waals surface area (Å²) in [5, 5.41) is 5.04. The summed E-state index contributed by atoms with van der Waals surface area (Å²) < 4.78 is 0. The van der Waals surface area contributed by atoms with E-state index in [4.69, 9.17) is 33.2 Å². The van der Waals surface area contributed by atoms with Gasteiger partial charge in [-0.05, 0) is 61.8 Å². The highest BCUT2D eigenvalue weighted by molar-refractivity contribution is 7.64. The van der Waals surface area contributed by atoms with Crippen LogP contribution in [0.4, 0.5) is 0 Å². The van der Waals surface area contributed by atoms with Gasteiger partial charge in [0.15, 0.2) is 0 Å². The van der Waals surface area contributed by atoms with Gasteiger partial charge >= 0.3 is 6.00 Å². The van der Waals surface area contributed by atoms with Crippen molar-refractivity contribution in [3.8, 4) is 22.3 Å². The lowest BCUT2D eigenvalue weighted by molar-refractivity contribution is 1.13. The number of hydrogen-bond donors (Lipinski definition) is 0. The summed E-state index contributed by atoms with van der Waals surface area (Å²) in [5.41, 5.74) is 6.18. The van der Waals surface area contributed by atoms with E-state index >= 15 is 0 Å². The zero-order valence-electron chi connectivity index (χ0n) is 17.4. The summed E-state index contributed by atoms with van der Waals surface area (Å²) >= 11 is 18.2. The molecule has 0 nitrogen and oxygen atoms in total. The molecule has 0 heterocycles. The average Bonchev–Trinajstić information content (AvgIpc) is 2.81. The third-order valence-electron chi connectivity index (χ3n) is 5.93. The number of aryl methyl sites for hydroxylation is 1. The van der Waals surface area contributed by atoms with Crippen molar-refractivity contribution in [3.63, 3.8) is 0 Å². The predicted molar refractivity (Wildman–Crippen MR) is 144 cm³/mol. The predicted octanol–water partition coefficient (Wildman–Crippen LogP) is 9.52. The van der Waals surface area contributed by atoms with Gasteiger partial charge in [-0.15, -0.1) is 33.2 Å². The Morgan fingerprint density at radius 3 is 1.31 bits per heavy atom. The summed E-state index contributed by atoms with van der Waals surface area (Å²) in [7, 11) is 0. The SMILES string of the molecule is Cl[Si](Cl)(Cl)CCc1ccc(-c2c3ccccc3c(-c3ccccc3)c3ccccc23)cc1. The minimum absolute atomic E-state index is 0.634. The molecule has 0 unspecified atom stereocenters. The van der Waals surface area contributed by atoms with Crippen LogP contribution in [0.5, 0.6) is 0 Å². The highest BCUT2D eigenvalue weighted by Crippen LogP contribution is 2.43. The van der Waals surface area contributed by atoms with E-state index in [0.717, 1.165) is 6.42 Å². The van der Waals surface area contributed by atoms with Crippen LogP contribution in [0.2, 0.25) is 6.04 Å². The normalized spacial score (nSPS) is 11.8. The number of fused-ring (bicyclic) bond motifs is 2. The molecule has 0 bridgehead atoms. The molecule has 0 atom stereocenters. The molecule has 158 valence electrons. The Labute approximate surface area is 203 Å². The maximum absolute atomic E-state index is 6.08. The van der Waals surface area contributed by atoms with Crippen molar-refractivity contribution in [2.24, 2.45) is 0 Å². The Morgan fingerprint density at radius 1 is 0.469 bits per heavy atom. The molecule has 0 saturated carbocycles. The van der Waals surface area contributed by atoms with Gasteiger partial charge in [-0.2, -0.15) is 0 Å². The first-order valence-electron chi connectivity index (χ1n) is 10.7. The number of rotatable bonds is 5. The lowest BCUT2D eigenvalue weighted by Gasteiger charge is -2.18. The van der Waals surface area contributed by atoms with E-state index in [2.05, 4.69) is 103 Å². The molecular formula is C28H21Cl3Si. The third-order valence-corrected chi connectivity index (χ3v) is 8.45. The highest BCUT2D eigenvalue weighted by atomic mass is 35.8. The average molecular weight is 492 g/mol. The first kappa shape index (κ1) is 21.5. The van der Waals surface area contributed by atoms with Crippen molar-refractivity contribution < 1.29 is 0 Å². The second kappa shape index (κ2) is 8.92. The van der Waals surface area contributed by atoms with Gasteiger partial charge in [-0.1, -0.05) is 103 Å². The van der Waals surface area contributed by atoms with Gasteiger partial charge in [0, 0.05) is 0 Å². The van der Waals surface area contributed by atoms with Crippen molar-refractivity contribution in [2.75, 3.05) is 0 Å². The minimum atomic E-state index is -2.61. The molecule has 5 rings (SSSR count). The zero-order valence-corrected chi connectivity index (χ0v) is 20.6. The lowest BCUT2D eigenvalue weighted by Crippen LogP contribution is -2.09. The molecule has 0 N–H and O–H groups in total. The Hall–Kier alpha value is -2.29. The summed E-state index contributed by atoms with van der Waals surface area (Å²) in [4.78, 5) is 0. The fourth-order valence-corrected chi connectivity index (χ4v) is 5.90. The monoisotopic (exact) mass is 490 g/mol. The highest BCUT2D eigenvalue weighted by Gasteiger charge is 2.24. The molecule has 0 saturated heterocycles. The number of halogens is 3. The molecule has 5 aromatic carbocycles. The summed E-state index contributed by atoms with van der Waals surface area (Å²) in [6, 6.07) is 34.8. The van der Waals surface area contributed by atoms with Crippen molar-refractivity contribution in [3.05, 3.63) is 109 Å². The smallest absolute Gasteiger partial charge is 0.126 e. The number of hydrogen-bond acceptors (Lipinski definition) is 0. The molecule has 0 radical (unpaired) electrons. The molecule has 0 spiro atoms. The summed E-state index contributed by atoms with van der Waals surface area (Å²) in [6.45, 7) is 0. The maximum Gasteiger partial charge on any atom is 0.341 e. The van der Waals surface area contributed by atoms with Crippen LogP contribution >= 0.6 is 33.2 Å². The van der Waals surface area contributed by atoms with Gasteiger partial charge in [0.05, 0.1) is 0 Å². The van der Waals surface area contributed by atoms with E-state index in [1.165, 1.54) is 49.4 Å². The lowest BCUT2D eigenvalue weighted by atomic mass is 9.86. The topological polar surface area (TPSA) is 0 Å². The van der Waals surface area contributed by atoms with Crippen molar-refractivity contribution in [1.82, 2.24) is 0 Å². The fraction of sp³-hybridized carbons (Fsp3) is 0.0714. The van der Waals surface area contributed by atoms with Crippen molar-refractivity contribution in [2.45, 2.75) is 12.5 Å². The van der Waals surface area contributed by atoms with Gasteiger partial charge in [0.25, 0.3) is 0 Å². The van der Waals surface area contributed by atoms with Crippen LogP contribution in [0, 0.1) is 0 Å². The third kappa shape index (κ3) is 4.31. The van der Waals surface area contributed by atoms with Gasteiger partial charge in [-0.25, -0.2) is 0 Å². The van der Waals surface area contributed by atoms with E-state index in [9.17, 15) is 0 Å². The first-order valence-corrected chi connectivity index (χ1v) is 15.9. The molecule has 0 amide bonds. The van der Waals surface area contributed by atoms with Gasteiger partial charge in [0.2, 0.25) is 0 Å². The molecule has 0 fully saturated rings. The Balaban J connectivity index is 1.73. The molecular weight excluding hydrogens is 471 g/mol. The van der Waals surface area contributed by atoms with E-state index in [-0.39, 0.29) is 0 Å². The van der Waals surface area contributed by atoms with E-state index in [1.807, 2.05) is 0 Å². The van der Waals surface area contributed by atoms with Crippen LogP contribution < -0.4 is 0 Å². The Kier molecular flexibility index (Phi) is 6.01. The van der Waals surface area contributed by atoms with Crippen molar-refractivity contribution in [1.29, 1.82) is 0 Å². The van der Waals surface area contributed by atoms with Crippen LogP contribution in [0.1, 0.15) is 5.56 Å². The Morgan fingerprint density at radius 2 is 0.875 bits per heavy atom. The molecule has 0 aliphatic carbocycles. The second-order valence-corrected chi connectivity index (χ2v) is 17.3. The molecule has 0 aliphatic rings. The molecule has 5 aromatic rings. The van der Waals surface area contributed by atoms with Crippen LogP contribution in [0.15, 0.2) is 103 Å². The largest absolute Gasteiger partial charge is 0.341 e. The van der Waals surface area contributed by atoms with E-state index < -0.39 is 6.00 Å². The summed E-state index contributed by atoms with van der Waals surface area (Å²) in [5.74, 6) is 0. The van der Waals surface area contributed by atoms with Crippen LogP contribution in [0.25, 0.3) is 43.8 Å². The standard InChI is InChI=1S/C28H21Cl3Si/c29-32(30,31)19-18-20-14-16-22(17-15-20)28-25-12-6-4-10-23(25)27(21-8-2-1-3-9-21)24-11-5-7-13-26(24)28/h1-17H,18-19H2. The van der Waals surface area contributed by atoms with Gasteiger partial charge < -0.3 is 0 Å². The molecule has 0 aliphatic heterocycles. The minimum Gasteiger partial charge on any atom is -0.126 e. The second-order valence-electron chi connectivity index (χ2n) is 8.02. The van der Waals surface area contributed by atoms with Crippen LogP contribution in [-0.2, 0) is 6.42 Å².